The summed E-state index contributed by atoms with van der Waals surface area (Å²) in [6.45, 7) is -1.36. The summed E-state index contributed by atoms with van der Waals surface area (Å²) in [6.07, 6.45) is -3.05. The van der Waals surface area contributed by atoms with E-state index >= 15 is 0 Å². The van der Waals surface area contributed by atoms with E-state index in [1.54, 1.807) is 0 Å². The van der Waals surface area contributed by atoms with Crippen LogP contribution in [0.3, 0.4) is 0 Å². The number of alkyl halides is 4. The summed E-state index contributed by atoms with van der Waals surface area (Å²) >= 11 is 0. The van der Waals surface area contributed by atoms with Gasteiger partial charge in [-0.05, 0) is 0 Å². The molecule has 0 radical (unpaired) electrons. The minimum Gasteiger partial charge on any atom is -0.464 e. The number of imidazole rings is 1. The number of nitrogen functional groups attached to an aromatic ring is 1. The molecule has 0 aliphatic heterocycles. The average molecular weight is 255 g/mol. The molecule has 0 fully saturated rings. The number of esters is 1. The predicted molar refractivity (Wildman–Crippen MR) is 48.9 cm³/mol. The number of carbonyl (C=O) groups excluding carboxylic acids is 1. The molecule has 1 aromatic heterocycles. The Kier molecular flexibility index (Phi) is 3.59. The highest BCUT2D eigenvalue weighted by Crippen LogP contribution is 2.26. The highest BCUT2D eigenvalue weighted by molar-refractivity contribution is 5.92. The first kappa shape index (κ1) is 13.3. The molecule has 0 unspecified atom stereocenters. The van der Waals surface area contributed by atoms with E-state index in [0.717, 1.165) is 13.4 Å². The molecule has 1 heterocycles. The number of halogens is 4. The number of hydrogen-bond acceptors (Lipinski definition) is 4. The van der Waals surface area contributed by atoms with Gasteiger partial charge in [0, 0.05) is 0 Å². The average Bonchev–Trinajstić information content (AvgIpc) is 2.59. The molecule has 1 rings (SSSR count). The van der Waals surface area contributed by atoms with Gasteiger partial charge in [0.15, 0.2) is 5.69 Å². The first-order valence-corrected chi connectivity index (χ1v) is 4.34. The second-order valence-corrected chi connectivity index (χ2v) is 3.16. The lowest BCUT2D eigenvalue weighted by Crippen LogP contribution is -2.32. The summed E-state index contributed by atoms with van der Waals surface area (Å²) in [5.41, 5.74) is 4.92. The molecule has 5 nitrogen and oxygen atoms in total. The molecule has 2 N–H and O–H groups in total. The number of nitrogens with zero attached hydrogens (tertiary/aromatic N) is 2. The third kappa shape index (κ3) is 2.66. The van der Waals surface area contributed by atoms with Gasteiger partial charge in [-0.1, -0.05) is 0 Å². The van der Waals surface area contributed by atoms with Crippen molar-refractivity contribution in [1.29, 1.82) is 0 Å². The molecule has 1 aromatic rings. The van der Waals surface area contributed by atoms with Gasteiger partial charge >= 0.3 is 18.3 Å². The van der Waals surface area contributed by atoms with E-state index in [1.807, 2.05) is 0 Å². The third-order valence-corrected chi connectivity index (χ3v) is 1.96. The van der Waals surface area contributed by atoms with Crippen molar-refractivity contribution in [2.45, 2.75) is 18.9 Å². The fourth-order valence-corrected chi connectivity index (χ4v) is 1.07. The van der Waals surface area contributed by atoms with Gasteiger partial charge in [-0.2, -0.15) is 8.78 Å². The van der Waals surface area contributed by atoms with Crippen molar-refractivity contribution in [3.05, 3.63) is 12.0 Å². The molecule has 0 atom stereocenters. The maximum absolute atomic E-state index is 12.7. The lowest BCUT2D eigenvalue weighted by atomic mass is 10.3. The summed E-state index contributed by atoms with van der Waals surface area (Å²) < 4.78 is 54.2. The van der Waals surface area contributed by atoms with Crippen molar-refractivity contribution < 1.29 is 27.1 Å². The fraction of sp³-hybridized carbons (Fsp3) is 0.500. The first-order chi connectivity index (χ1) is 7.79. The molecular formula is C8H9F4N3O2. The summed E-state index contributed by atoms with van der Waals surface area (Å²) in [7, 11) is 1.05. The van der Waals surface area contributed by atoms with E-state index < -0.39 is 36.4 Å². The van der Waals surface area contributed by atoms with E-state index in [-0.39, 0.29) is 0 Å². The Balaban J connectivity index is 2.95. The van der Waals surface area contributed by atoms with E-state index in [2.05, 4.69) is 9.72 Å². The Bertz CT molecular complexity index is 419. The minimum atomic E-state index is -4.25. The first-order valence-electron chi connectivity index (χ1n) is 4.34. The zero-order chi connectivity index (χ0) is 13.2. The molecule has 0 aromatic carbocycles. The molecule has 0 aliphatic rings. The van der Waals surface area contributed by atoms with Crippen LogP contribution >= 0.6 is 0 Å². The molecule has 0 bridgehead atoms. The van der Waals surface area contributed by atoms with Crippen molar-refractivity contribution in [1.82, 2.24) is 9.55 Å². The SMILES string of the molecule is COC(=O)c1ncn(CC(F)(F)C(F)F)c1N. The van der Waals surface area contributed by atoms with Gasteiger partial charge < -0.3 is 15.0 Å². The minimum absolute atomic E-state index is 0.391. The van der Waals surface area contributed by atoms with Crippen LogP contribution in [0, 0.1) is 0 Å². The smallest absolute Gasteiger partial charge is 0.360 e. The highest BCUT2D eigenvalue weighted by atomic mass is 19.3. The lowest BCUT2D eigenvalue weighted by molar-refractivity contribution is -0.137. The molecule has 0 saturated heterocycles. The summed E-state index contributed by atoms with van der Waals surface area (Å²) in [4.78, 5) is 14.4. The summed E-state index contributed by atoms with van der Waals surface area (Å²) in [5, 5.41) is 0. The van der Waals surface area contributed by atoms with Crippen molar-refractivity contribution in [2.75, 3.05) is 12.8 Å². The Morgan fingerprint density at radius 3 is 2.71 bits per heavy atom. The Labute approximate surface area is 93.2 Å². The molecule has 0 aliphatic carbocycles. The van der Waals surface area contributed by atoms with Crippen molar-refractivity contribution in [3.63, 3.8) is 0 Å². The van der Waals surface area contributed by atoms with Crippen LogP contribution < -0.4 is 5.73 Å². The fourth-order valence-electron chi connectivity index (χ4n) is 1.07. The van der Waals surface area contributed by atoms with Crippen LogP contribution in [-0.4, -0.2) is 35.0 Å². The Morgan fingerprint density at radius 2 is 2.24 bits per heavy atom. The standard InChI is InChI=1S/C8H9F4N3O2/c1-17-6(16)4-5(13)15(3-14-4)2-8(11,12)7(9)10/h3,7H,2,13H2,1H3. The number of ether oxygens (including phenoxy) is 1. The van der Waals surface area contributed by atoms with Gasteiger partial charge in [0.25, 0.3) is 0 Å². The van der Waals surface area contributed by atoms with Gasteiger partial charge in [0.1, 0.15) is 5.82 Å². The number of carbonyl (C=O) groups is 1. The normalized spacial score (nSPS) is 11.9. The van der Waals surface area contributed by atoms with Crippen molar-refractivity contribution in [2.24, 2.45) is 0 Å². The van der Waals surface area contributed by atoms with Crippen LogP contribution in [0.15, 0.2) is 6.33 Å². The Morgan fingerprint density at radius 1 is 1.65 bits per heavy atom. The monoisotopic (exact) mass is 255 g/mol. The van der Waals surface area contributed by atoms with Gasteiger partial charge in [0.2, 0.25) is 0 Å². The van der Waals surface area contributed by atoms with Crippen LogP contribution in [0.25, 0.3) is 0 Å². The maximum Gasteiger partial charge on any atom is 0.360 e. The van der Waals surface area contributed by atoms with Crippen LogP contribution in [0.4, 0.5) is 23.4 Å². The molecular weight excluding hydrogens is 246 g/mol. The second-order valence-electron chi connectivity index (χ2n) is 3.16. The topological polar surface area (TPSA) is 70.1 Å². The number of anilines is 1. The van der Waals surface area contributed by atoms with Crippen LogP contribution in [0.5, 0.6) is 0 Å². The van der Waals surface area contributed by atoms with Gasteiger partial charge in [-0.3, -0.25) is 0 Å². The quantitative estimate of drug-likeness (QED) is 0.647. The second kappa shape index (κ2) is 4.60. The molecule has 17 heavy (non-hydrogen) atoms. The van der Waals surface area contributed by atoms with E-state index in [4.69, 9.17) is 5.73 Å². The molecule has 96 valence electrons. The van der Waals surface area contributed by atoms with Crippen molar-refractivity contribution in [3.8, 4) is 0 Å². The van der Waals surface area contributed by atoms with Gasteiger partial charge in [-0.25, -0.2) is 18.6 Å². The number of hydrogen-bond donors (Lipinski definition) is 1. The van der Waals surface area contributed by atoms with Gasteiger partial charge in [0.05, 0.1) is 20.0 Å². The third-order valence-electron chi connectivity index (χ3n) is 1.96. The van der Waals surface area contributed by atoms with E-state index in [0.29, 0.717) is 4.57 Å². The lowest BCUT2D eigenvalue weighted by Gasteiger charge is -2.16. The number of methoxy groups -OCH3 is 1. The highest BCUT2D eigenvalue weighted by Gasteiger charge is 2.41. The van der Waals surface area contributed by atoms with Crippen LogP contribution in [-0.2, 0) is 11.3 Å². The van der Waals surface area contributed by atoms with E-state index in [1.165, 1.54) is 0 Å². The van der Waals surface area contributed by atoms with Gasteiger partial charge in [-0.15, -0.1) is 0 Å². The van der Waals surface area contributed by atoms with Crippen LogP contribution in [0.1, 0.15) is 10.5 Å². The Hall–Kier alpha value is -1.80. The number of aromatic nitrogens is 2. The summed E-state index contributed by atoms with van der Waals surface area (Å²) in [6, 6.07) is 0. The largest absolute Gasteiger partial charge is 0.464 e. The zero-order valence-electron chi connectivity index (χ0n) is 8.66. The van der Waals surface area contributed by atoms with Crippen molar-refractivity contribution >= 4 is 11.8 Å². The molecule has 0 spiro atoms. The number of nitrogens with two attached hydrogens (primary N) is 1. The molecule has 9 heteroatoms. The molecule has 0 amide bonds. The predicted octanol–water partition coefficient (Wildman–Crippen LogP) is 1.15. The maximum atomic E-state index is 12.7. The molecule has 0 saturated carbocycles. The summed E-state index contributed by atoms with van der Waals surface area (Å²) in [5.74, 6) is -5.62. The number of rotatable bonds is 4. The van der Waals surface area contributed by atoms with E-state index in [9.17, 15) is 22.4 Å². The van der Waals surface area contributed by atoms with Crippen LogP contribution in [0.2, 0.25) is 0 Å². The zero-order valence-corrected chi connectivity index (χ0v) is 8.66.